The lowest BCUT2D eigenvalue weighted by molar-refractivity contribution is -0.117. The largest absolute Gasteiger partial charge is 0.494 e. The summed E-state index contributed by atoms with van der Waals surface area (Å²) in [6.45, 7) is 2.57. The first-order valence-electron chi connectivity index (χ1n) is 7.86. The standard InChI is InChI=1S/C18H21N3O2/c1-2-23-15-10-8-14(9-11-15)19-18(22)17-12-16(20-21-17)13-6-4-3-5-7-13/h3-11,16-17,20-21H,2,12H2,1H3,(H,19,22). The molecule has 0 spiro atoms. The predicted octanol–water partition coefficient (Wildman–Crippen LogP) is 2.63. The van der Waals surface area contributed by atoms with Crippen molar-refractivity contribution in [1.82, 2.24) is 10.9 Å². The van der Waals surface area contributed by atoms with Crippen LogP contribution in [0.25, 0.3) is 0 Å². The summed E-state index contributed by atoms with van der Waals surface area (Å²) >= 11 is 0. The molecule has 2 unspecified atom stereocenters. The van der Waals surface area contributed by atoms with Crippen LogP contribution in [-0.2, 0) is 4.79 Å². The van der Waals surface area contributed by atoms with Crippen molar-refractivity contribution in [2.24, 2.45) is 0 Å². The maximum absolute atomic E-state index is 12.4. The van der Waals surface area contributed by atoms with Crippen molar-refractivity contribution < 1.29 is 9.53 Å². The van der Waals surface area contributed by atoms with Crippen LogP contribution < -0.4 is 20.9 Å². The molecule has 0 aliphatic carbocycles. The van der Waals surface area contributed by atoms with Crippen LogP contribution in [0.2, 0.25) is 0 Å². The quantitative estimate of drug-likeness (QED) is 0.794. The molecule has 1 aliphatic rings. The van der Waals surface area contributed by atoms with Gasteiger partial charge >= 0.3 is 0 Å². The van der Waals surface area contributed by atoms with E-state index in [1.807, 2.05) is 49.4 Å². The number of rotatable bonds is 5. The Kier molecular flexibility index (Phi) is 4.90. The molecule has 120 valence electrons. The normalized spacial score (nSPS) is 20.2. The summed E-state index contributed by atoms with van der Waals surface area (Å²) in [5, 5.41) is 2.93. The molecule has 0 radical (unpaired) electrons. The van der Waals surface area contributed by atoms with E-state index in [9.17, 15) is 4.79 Å². The Morgan fingerprint density at radius 3 is 2.57 bits per heavy atom. The minimum atomic E-state index is -0.258. The lowest BCUT2D eigenvalue weighted by Gasteiger charge is -2.11. The average molecular weight is 311 g/mol. The van der Waals surface area contributed by atoms with Crippen LogP contribution in [0, 0.1) is 0 Å². The van der Waals surface area contributed by atoms with E-state index in [0.717, 1.165) is 11.4 Å². The van der Waals surface area contributed by atoms with E-state index in [0.29, 0.717) is 13.0 Å². The molecular formula is C18H21N3O2. The smallest absolute Gasteiger partial charge is 0.242 e. The number of hydrogen-bond donors (Lipinski definition) is 3. The zero-order chi connectivity index (χ0) is 16.1. The minimum Gasteiger partial charge on any atom is -0.494 e. The van der Waals surface area contributed by atoms with E-state index in [4.69, 9.17) is 4.74 Å². The van der Waals surface area contributed by atoms with E-state index in [-0.39, 0.29) is 18.0 Å². The molecule has 5 heteroatoms. The summed E-state index contributed by atoms with van der Waals surface area (Å²) in [6.07, 6.45) is 0.715. The van der Waals surface area contributed by atoms with Crippen LogP contribution in [0.4, 0.5) is 5.69 Å². The van der Waals surface area contributed by atoms with Crippen LogP contribution in [0.1, 0.15) is 24.9 Å². The second-order valence-corrected chi connectivity index (χ2v) is 5.49. The molecule has 1 aliphatic heterocycles. The number of carbonyl (C=O) groups excluding carboxylic acids is 1. The fraction of sp³-hybridized carbons (Fsp3) is 0.278. The van der Waals surface area contributed by atoms with Gasteiger partial charge in [0.25, 0.3) is 0 Å². The fourth-order valence-corrected chi connectivity index (χ4v) is 2.66. The summed E-state index contributed by atoms with van der Waals surface area (Å²) in [5.74, 6) is 0.760. The molecule has 2 aromatic rings. The number of hydrazine groups is 1. The second kappa shape index (κ2) is 7.26. The highest BCUT2D eigenvalue weighted by molar-refractivity contribution is 5.95. The van der Waals surface area contributed by atoms with Crippen LogP contribution in [-0.4, -0.2) is 18.6 Å². The molecule has 1 heterocycles. The molecule has 23 heavy (non-hydrogen) atoms. The number of carbonyl (C=O) groups is 1. The van der Waals surface area contributed by atoms with Gasteiger partial charge < -0.3 is 10.1 Å². The monoisotopic (exact) mass is 311 g/mol. The van der Waals surface area contributed by atoms with E-state index < -0.39 is 0 Å². The molecule has 1 fully saturated rings. The molecule has 5 nitrogen and oxygen atoms in total. The molecule has 0 saturated carbocycles. The van der Waals surface area contributed by atoms with Gasteiger partial charge in [-0.3, -0.25) is 4.79 Å². The number of ether oxygens (including phenoxy) is 1. The third kappa shape index (κ3) is 3.88. The summed E-state index contributed by atoms with van der Waals surface area (Å²) in [6, 6.07) is 17.4. The van der Waals surface area contributed by atoms with Crippen LogP contribution >= 0.6 is 0 Å². The Hall–Kier alpha value is -2.37. The van der Waals surface area contributed by atoms with Gasteiger partial charge in [0.05, 0.1) is 6.61 Å². The molecule has 1 amide bonds. The van der Waals surface area contributed by atoms with Crippen molar-refractivity contribution in [1.29, 1.82) is 0 Å². The third-order valence-electron chi connectivity index (χ3n) is 3.85. The average Bonchev–Trinajstić information content (AvgIpc) is 3.08. The van der Waals surface area contributed by atoms with Gasteiger partial charge in [0.15, 0.2) is 0 Å². The highest BCUT2D eigenvalue weighted by Crippen LogP contribution is 2.23. The first kappa shape index (κ1) is 15.5. The van der Waals surface area contributed by atoms with Crippen molar-refractivity contribution in [3.63, 3.8) is 0 Å². The summed E-state index contributed by atoms with van der Waals surface area (Å²) in [4.78, 5) is 12.4. The van der Waals surface area contributed by atoms with Gasteiger partial charge in [-0.1, -0.05) is 30.3 Å². The maximum Gasteiger partial charge on any atom is 0.242 e. The van der Waals surface area contributed by atoms with Crippen molar-refractivity contribution in [2.75, 3.05) is 11.9 Å². The van der Waals surface area contributed by atoms with Crippen molar-refractivity contribution in [2.45, 2.75) is 25.4 Å². The fourth-order valence-electron chi connectivity index (χ4n) is 2.66. The van der Waals surface area contributed by atoms with Gasteiger partial charge in [0, 0.05) is 11.7 Å². The van der Waals surface area contributed by atoms with Crippen molar-refractivity contribution in [3.05, 3.63) is 60.2 Å². The Bertz CT molecular complexity index is 643. The number of nitrogens with one attached hydrogen (secondary N) is 3. The molecule has 3 rings (SSSR count). The highest BCUT2D eigenvalue weighted by atomic mass is 16.5. The van der Waals surface area contributed by atoms with Gasteiger partial charge in [0.2, 0.25) is 5.91 Å². The van der Waals surface area contributed by atoms with Crippen molar-refractivity contribution in [3.8, 4) is 5.75 Å². The maximum atomic E-state index is 12.4. The lowest BCUT2D eigenvalue weighted by Crippen LogP contribution is -2.39. The SMILES string of the molecule is CCOc1ccc(NC(=O)C2CC(c3ccccc3)NN2)cc1. The first-order valence-corrected chi connectivity index (χ1v) is 7.86. The zero-order valence-electron chi connectivity index (χ0n) is 13.1. The third-order valence-corrected chi connectivity index (χ3v) is 3.85. The Morgan fingerprint density at radius 1 is 1.13 bits per heavy atom. The molecular weight excluding hydrogens is 290 g/mol. The van der Waals surface area contributed by atoms with E-state index in [1.54, 1.807) is 0 Å². The molecule has 2 aromatic carbocycles. The lowest BCUT2D eigenvalue weighted by atomic mass is 10.0. The van der Waals surface area contributed by atoms with Crippen LogP contribution in [0.5, 0.6) is 5.75 Å². The van der Waals surface area contributed by atoms with Crippen LogP contribution in [0.3, 0.4) is 0 Å². The van der Waals surface area contributed by atoms with Gasteiger partial charge in [-0.25, -0.2) is 10.9 Å². The zero-order valence-corrected chi connectivity index (χ0v) is 13.1. The number of benzene rings is 2. The Morgan fingerprint density at radius 2 is 1.87 bits per heavy atom. The summed E-state index contributed by atoms with van der Waals surface area (Å²) in [7, 11) is 0. The van der Waals surface area contributed by atoms with E-state index in [1.165, 1.54) is 5.56 Å². The molecule has 3 N–H and O–H groups in total. The second-order valence-electron chi connectivity index (χ2n) is 5.49. The van der Waals surface area contributed by atoms with E-state index >= 15 is 0 Å². The number of hydrogen-bond acceptors (Lipinski definition) is 4. The number of anilines is 1. The van der Waals surface area contributed by atoms with Gasteiger partial charge in [0.1, 0.15) is 11.8 Å². The summed E-state index contributed by atoms with van der Waals surface area (Å²) < 4.78 is 5.39. The van der Waals surface area contributed by atoms with Gasteiger partial charge in [-0.05, 0) is 43.2 Å². The molecule has 2 atom stereocenters. The predicted molar refractivity (Wildman–Crippen MR) is 90.1 cm³/mol. The van der Waals surface area contributed by atoms with Crippen molar-refractivity contribution >= 4 is 11.6 Å². The topological polar surface area (TPSA) is 62.4 Å². The Labute approximate surface area is 136 Å². The van der Waals surface area contributed by atoms with Gasteiger partial charge in [-0.2, -0.15) is 0 Å². The Balaban J connectivity index is 1.57. The summed E-state index contributed by atoms with van der Waals surface area (Å²) in [5.41, 5.74) is 8.20. The molecule has 1 saturated heterocycles. The van der Waals surface area contributed by atoms with Gasteiger partial charge in [-0.15, -0.1) is 0 Å². The van der Waals surface area contributed by atoms with Crippen LogP contribution in [0.15, 0.2) is 54.6 Å². The number of amides is 1. The first-order chi connectivity index (χ1) is 11.3. The molecule has 0 bridgehead atoms. The minimum absolute atomic E-state index is 0.0416. The molecule has 0 aromatic heterocycles. The van der Waals surface area contributed by atoms with E-state index in [2.05, 4.69) is 28.3 Å². The highest BCUT2D eigenvalue weighted by Gasteiger charge is 2.29.